The Morgan fingerprint density at radius 1 is 1.10 bits per heavy atom. The summed E-state index contributed by atoms with van der Waals surface area (Å²) in [7, 11) is 0. The molecule has 0 atom stereocenters. The van der Waals surface area contributed by atoms with Crippen molar-refractivity contribution in [2.75, 3.05) is 52.6 Å². The minimum absolute atomic E-state index is 0.154. The van der Waals surface area contributed by atoms with Gasteiger partial charge in [-0.1, -0.05) is 19.1 Å². The van der Waals surface area contributed by atoms with Gasteiger partial charge >= 0.3 is 5.97 Å². The highest BCUT2D eigenvalue weighted by atomic mass is 19.1. The SMILES string of the molecule is CCCOc1ccc(F)c2c(=O)c(-c3ccc(OCC(=O)O)cc3)cn(CC(=O)NCCN3CCOCC3)c12. The number of ether oxygens (including phenoxy) is 3. The Morgan fingerprint density at radius 3 is 2.54 bits per heavy atom. The van der Waals surface area contributed by atoms with E-state index in [4.69, 9.17) is 19.3 Å². The van der Waals surface area contributed by atoms with Gasteiger partial charge in [-0.25, -0.2) is 9.18 Å². The zero-order valence-electron chi connectivity index (χ0n) is 21.8. The van der Waals surface area contributed by atoms with Crippen LogP contribution < -0.4 is 20.2 Å². The number of hydrogen-bond acceptors (Lipinski definition) is 7. The number of nitrogens with one attached hydrogen (secondary N) is 1. The van der Waals surface area contributed by atoms with Crippen molar-refractivity contribution in [1.82, 2.24) is 14.8 Å². The number of aromatic nitrogens is 1. The topological polar surface area (TPSA) is 119 Å². The highest BCUT2D eigenvalue weighted by molar-refractivity contribution is 5.90. The average Bonchev–Trinajstić information content (AvgIpc) is 2.93. The summed E-state index contributed by atoms with van der Waals surface area (Å²) in [5.41, 5.74) is 0.305. The smallest absolute Gasteiger partial charge is 0.341 e. The van der Waals surface area contributed by atoms with Crippen molar-refractivity contribution in [3.05, 3.63) is 58.6 Å². The van der Waals surface area contributed by atoms with Crippen LogP contribution in [0, 0.1) is 5.82 Å². The molecule has 2 heterocycles. The third-order valence-electron chi connectivity index (χ3n) is 6.29. The second-order valence-corrected chi connectivity index (χ2v) is 9.13. The third kappa shape index (κ3) is 7.12. The van der Waals surface area contributed by atoms with Gasteiger partial charge in [0.25, 0.3) is 0 Å². The summed E-state index contributed by atoms with van der Waals surface area (Å²) in [6.45, 7) is 5.70. The second kappa shape index (κ2) is 13.2. The molecule has 0 saturated carbocycles. The van der Waals surface area contributed by atoms with Crippen LogP contribution in [0.2, 0.25) is 0 Å². The molecular formula is C28H32FN3O7. The molecule has 0 spiro atoms. The van der Waals surface area contributed by atoms with E-state index in [1.54, 1.807) is 16.7 Å². The number of amides is 1. The molecule has 3 aromatic rings. The number of aliphatic carboxylic acids is 1. The largest absolute Gasteiger partial charge is 0.491 e. The predicted molar refractivity (Wildman–Crippen MR) is 143 cm³/mol. The lowest BCUT2D eigenvalue weighted by atomic mass is 10.0. The fourth-order valence-corrected chi connectivity index (χ4v) is 4.39. The summed E-state index contributed by atoms with van der Waals surface area (Å²) >= 11 is 0. The standard InChI is InChI=1S/C28H32FN3O7/c1-2-13-38-23-8-7-22(29)26-27(23)32(17-24(33)30-9-10-31-11-14-37-15-12-31)16-21(28(26)36)19-3-5-20(6-4-19)39-18-25(34)35/h3-8,16H,2,9-15,17-18H2,1H3,(H,30,33)(H,34,35). The van der Waals surface area contributed by atoms with Gasteiger partial charge < -0.3 is 29.2 Å². The maximum Gasteiger partial charge on any atom is 0.341 e. The number of morpholine rings is 1. The molecule has 11 heteroatoms. The number of hydrogen-bond donors (Lipinski definition) is 2. The van der Waals surface area contributed by atoms with E-state index in [0.29, 0.717) is 56.4 Å². The fraction of sp³-hybridized carbons (Fsp3) is 0.393. The Hall–Kier alpha value is -3.96. The lowest BCUT2D eigenvalue weighted by Crippen LogP contribution is -2.41. The molecule has 1 fully saturated rings. The van der Waals surface area contributed by atoms with Crippen LogP contribution in [0.5, 0.6) is 11.5 Å². The number of fused-ring (bicyclic) bond motifs is 1. The third-order valence-corrected chi connectivity index (χ3v) is 6.29. The molecule has 4 rings (SSSR count). The minimum Gasteiger partial charge on any atom is -0.491 e. The van der Waals surface area contributed by atoms with Crippen LogP contribution in [0.25, 0.3) is 22.0 Å². The van der Waals surface area contributed by atoms with Crippen molar-refractivity contribution in [2.45, 2.75) is 19.9 Å². The number of rotatable bonds is 12. The molecule has 1 aromatic heterocycles. The number of benzene rings is 2. The molecule has 1 aliphatic rings. The van der Waals surface area contributed by atoms with E-state index >= 15 is 4.39 Å². The number of halogens is 1. The predicted octanol–water partition coefficient (Wildman–Crippen LogP) is 2.51. The van der Waals surface area contributed by atoms with E-state index in [0.717, 1.165) is 13.1 Å². The van der Waals surface area contributed by atoms with Crippen molar-refractivity contribution < 1.29 is 33.3 Å². The van der Waals surface area contributed by atoms with Gasteiger partial charge in [0.05, 0.1) is 30.7 Å². The van der Waals surface area contributed by atoms with Crippen molar-refractivity contribution in [1.29, 1.82) is 0 Å². The highest BCUT2D eigenvalue weighted by Crippen LogP contribution is 2.30. The van der Waals surface area contributed by atoms with Crippen molar-refractivity contribution in [3.8, 4) is 22.6 Å². The first kappa shape index (κ1) is 28.1. The Kier molecular flexibility index (Phi) is 9.50. The van der Waals surface area contributed by atoms with Gasteiger partial charge in [0.2, 0.25) is 5.91 Å². The van der Waals surface area contributed by atoms with Crippen LogP contribution >= 0.6 is 0 Å². The first-order chi connectivity index (χ1) is 18.9. The van der Waals surface area contributed by atoms with Crippen LogP contribution in [0.3, 0.4) is 0 Å². The number of carbonyl (C=O) groups is 2. The maximum atomic E-state index is 15.2. The zero-order chi connectivity index (χ0) is 27.8. The minimum atomic E-state index is -1.11. The van der Waals surface area contributed by atoms with E-state index < -0.39 is 23.8 Å². The first-order valence-corrected chi connectivity index (χ1v) is 12.9. The number of carboxylic acids is 1. The molecular weight excluding hydrogens is 509 g/mol. The molecule has 0 unspecified atom stereocenters. The van der Waals surface area contributed by atoms with E-state index in [1.807, 2.05) is 6.92 Å². The molecule has 1 aliphatic heterocycles. The molecule has 2 N–H and O–H groups in total. The first-order valence-electron chi connectivity index (χ1n) is 12.9. The van der Waals surface area contributed by atoms with Crippen LogP contribution in [-0.2, 0) is 20.9 Å². The average molecular weight is 542 g/mol. The maximum absolute atomic E-state index is 15.2. The Morgan fingerprint density at radius 2 is 1.85 bits per heavy atom. The Bertz CT molecular complexity index is 1370. The summed E-state index contributed by atoms with van der Waals surface area (Å²) < 4.78 is 33.0. The van der Waals surface area contributed by atoms with Gasteiger partial charge in [-0.15, -0.1) is 0 Å². The zero-order valence-corrected chi connectivity index (χ0v) is 21.8. The molecule has 2 aromatic carbocycles. The van der Waals surface area contributed by atoms with Crippen LogP contribution in [0.1, 0.15) is 13.3 Å². The molecule has 0 radical (unpaired) electrons. The lowest BCUT2D eigenvalue weighted by Gasteiger charge is -2.26. The van der Waals surface area contributed by atoms with E-state index in [9.17, 15) is 14.4 Å². The van der Waals surface area contributed by atoms with Crippen LogP contribution in [0.15, 0.2) is 47.4 Å². The fourth-order valence-electron chi connectivity index (χ4n) is 4.39. The lowest BCUT2D eigenvalue weighted by molar-refractivity contribution is -0.139. The van der Waals surface area contributed by atoms with Gasteiger partial charge in [-0.2, -0.15) is 0 Å². The molecule has 208 valence electrons. The second-order valence-electron chi connectivity index (χ2n) is 9.13. The summed E-state index contributed by atoms with van der Waals surface area (Å²) in [4.78, 5) is 39.5. The molecule has 0 bridgehead atoms. The summed E-state index contributed by atoms with van der Waals surface area (Å²) in [5.74, 6) is -1.50. The van der Waals surface area contributed by atoms with E-state index in [2.05, 4.69) is 10.2 Å². The number of nitrogens with zero attached hydrogens (tertiary/aromatic N) is 2. The summed E-state index contributed by atoms with van der Waals surface area (Å²) in [6, 6.07) is 8.88. The van der Waals surface area contributed by atoms with Gasteiger partial charge in [-0.3, -0.25) is 14.5 Å². The summed E-state index contributed by atoms with van der Waals surface area (Å²) in [6.07, 6.45) is 2.23. The van der Waals surface area contributed by atoms with Crippen LogP contribution in [-0.4, -0.2) is 79.1 Å². The van der Waals surface area contributed by atoms with Crippen molar-refractivity contribution >= 4 is 22.8 Å². The number of carboxylic acid groups (broad SMARTS) is 1. The number of pyridine rings is 1. The number of carbonyl (C=O) groups excluding carboxylic acids is 1. The quantitative estimate of drug-likeness (QED) is 0.359. The molecule has 1 amide bonds. The molecule has 10 nitrogen and oxygen atoms in total. The van der Waals surface area contributed by atoms with Gasteiger partial charge in [0, 0.05) is 37.9 Å². The van der Waals surface area contributed by atoms with E-state index in [1.165, 1.54) is 30.5 Å². The van der Waals surface area contributed by atoms with Crippen molar-refractivity contribution in [2.24, 2.45) is 0 Å². The van der Waals surface area contributed by atoms with Crippen molar-refractivity contribution in [3.63, 3.8) is 0 Å². The van der Waals surface area contributed by atoms with Gasteiger partial charge in [0.1, 0.15) is 23.9 Å². The monoisotopic (exact) mass is 541 g/mol. The normalized spacial score (nSPS) is 13.8. The van der Waals surface area contributed by atoms with Gasteiger partial charge in [0.15, 0.2) is 12.0 Å². The Labute approximate surface area is 224 Å². The Balaban J connectivity index is 1.67. The highest BCUT2D eigenvalue weighted by Gasteiger charge is 2.20. The molecule has 0 aliphatic carbocycles. The summed E-state index contributed by atoms with van der Waals surface area (Å²) in [5, 5.41) is 11.5. The molecule has 39 heavy (non-hydrogen) atoms. The van der Waals surface area contributed by atoms with Gasteiger partial charge in [-0.05, 0) is 36.2 Å². The van der Waals surface area contributed by atoms with Crippen LogP contribution in [0.4, 0.5) is 4.39 Å². The van der Waals surface area contributed by atoms with E-state index in [-0.39, 0.29) is 28.9 Å². The molecule has 1 saturated heterocycles.